The van der Waals surface area contributed by atoms with Gasteiger partial charge >= 0.3 is 0 Å². The Balaban J connectivity index is 2.15. The Labute approximate surface area is 118 Å². The lowest BCUT2D eigenvalue weighted by Gasteiger charge is -2.32. The molecule has 19 heavy (non-hydrogen) atoms. The van der Waals surface area contributed by atoms with Crippen LogP contribution in [0.25, 0.3) is 0 Å². The summed E-state index contributed by atoms with van der Waals surface area (Å²) in [7, 11) is 2.10. The number of nitrogens with zero attached hydrogens (tertiary/aromatic N) is 1. The zero-order valence-corrected chi connectivity index (χ0v) is 12.7. The number of anilines is 1. The molecule has 1 aromatic carbocycles. The maximum absolute atomic E-state index is 3.51. The van der Waals surface area contributed by atoms with Crippen LogP contribution in [0.5, 0.6) is 0 Å². The Bertz CT molecular complexity index is 389. The molecule has 2 atom stereocenters. The first-order chi connectivity index (χ1) is 9.26. The van der Waals surface area contributed by atoms with Gasteiger partial charge in [-0.25, -0.2) is 0 Å². The predicted molar refractivity (Wildman–Crippen MR) is 83.9 cm³/mol. The molecule has 0 bridgehead atoms. The Hall–Kier alpha value is -1.02. The molecule has 0 aromatic heterocycles. The number of hydrogen-bond donors (Lipinski definition) is 1. The molecule has 2 heteroatoms. The van der Waals surface area contributed by atoms with E-state index >= 15 is 0 Å². The molecule has 0 amide bonds. The Morgan fingerprint density at radius 2 is 2.05 bits per heavy atom. The van der Waals surface area contributed by atoms with Crippen molar-refractivity contribution in [2.45, 2.75) is 45.6 Å². The number of hydrogen-bond acceptors (Lipinski definition) is 2. The van der Waals surface area contributed by atoms with Gasteiger partial charge in [-0.15, -0.1) is 0 Å². The maximum Gasteiger partial charge on any atom is 0.0399 e. The van der Waals surface area contributed by atoms with Gasteiger partial charge in [0.25, 0.3) is 0 Å². The zero-order valence-electron chi connectivity index (χ0n) is 12.7. The fourth-order valence-electron chi connectivity index (χ4n) is 3.04. The van der Waals surface area contributed by atoms with Crippen LogP contribution in [-0.2, 0) is 6.42 Å². The van der Waals surface area contributed by atoms with Gasteiger partial charge in [0.15, 0.2) is 0 Å². The van der Waals surface area contributed by atoms with Crippen LogP contribution in [0, 0.1) is 5.92 Å². The summed E-state index contributed by atoms with van der Waals surface area (Å²) in [6.07, 6.45) is 5.11. The van der Waals surface area contributed by atoms with Gasteiger partial charge in [0, 0.05) is 24.8 Å². The molecule has 1 N–H and O–H groups in total. The first-order valence-corrected chi connectivity index (χ1v) is 7.76. The monoisotopic (exact) mass is 260 g/mol. The van der Waals surface area contributed by atoms with E-state index in [1.807, 2.05) is 0 Å². The lowest BCUT2D eigenvalue weighted by molar-refractivity contribution is 0.386. The van der Waals surface area contributed by atoms with Gasteiger partial charge in [-0.05, 0) is 43.9 Å². The van der Waals surface area contributed by atoms with Gasteiger partial charge < -0.3 is 10.2 Å². The van der Waals surface area contributed by atoms with Crippen LogP contribution < -0.4 is 10.2 Å². The van der Waals surface area contributed by atoms with Crippen LogP contribution in [0.15, 0.2) is 24.3 Å². The SMILES string of the molecule is CCC(C)C(CN1CCCCc2ccccc21)NC. The summed E-state index contributed by atoms with van der Waals surface area (Å²) in [5, 5.41) is 3.51. The van der Waals surface area contributed by atoms with Crippen molar-refractivity contribution in [1.29, 1.82) is 0 Å². The number of benzene rings is 1. The molecule has 106 valence electrons. The summed E-state index contributed by atoms with van der Waals surface area (Å²) in [6, 6.07) is 9.52. The van der Waals surface area contributed by atoms with Crippen molar-refractivity contribution >= 4 is 5.69 Å². The highest BCUT2D eigenvalue weighted by Crippen LogP contribution is 2.26. The van der Waals surface area contributed by atoms with Crippen LogP contribution >= 0.6 is 0 Å². The van der Waals surface area contributed by atoms with Crippen LogP contribution in [0.2, 0.25) is 0 Å². The smallest absolute Gasteiger partial charge is 0.0399 e. The summed E-state index contributed by atoms with van der Waals surface area (Å²) in [5.74, 6) is 0.723. The first-order valence-electron chi connectivity index (χ1n) is 7.76. The van der Waals surface area contributed by atoms with Crippen LogP contribution in [0.3, 0.4) is 0 Å². The third-order valence-electron chi connectivity index (χ3n) is 4.58. The highest BCUT2D eigenvalue weighted by atomic mass is 15.2. The molecule has 1 aliphatic heterocycles. The Morgan fingerprint density at radius 1 is 1.26 bits per heavy atom. The van der Waals surface area contributed by atoms with E-state index in [-0.39, 0.29) is 0 Å². The van der Waals surface area contributed by atoms with E-state index in [4.69, 9.17) is 0 Å². The minimum atomic E-state index is 0.580. The summed E-state index contributed by atoms with van der Waals surface area (Å²) in [4.78, 5) is 2.59. The van der Waals surface area contributed by atoms with E-state index in [1.165, 1.54) is 43.5 Å². The standard InChI is InChI=1S/C17H28N2/c1-4-14(2)16(18-3)13-19-12-8-7-10-15-9-5-6-11-17(15)19/h5-6,9,11,14,16,18H,4,7-8,10,12-13H2,1-3H3. The molecular weight excluding hydrogens is 232 g/mol. The topological polar surface area (TPSA) is 15.3 Å². The number of rotatable bonds is 5. The predicted octanol–water partition coefficient (Wildman–Crippen LogP) is 3.46. The minimum Gasteiger partial charge on any atom is -0.370 e. The Morgan fingerprint density at radius 3 is 2.79 bits per heavy atom. The van der Waals surface area contributed by atoms with Crippen LogP contribution in [-0.4, -0.2) is 26.2 Å². The highest BCUT2D eigenvalue weighted by Gasteiger charge is 2.20. The van der Waals surface area contributed by atoms with E-state index in [9.17, 15) is 0 Å². The van der Waals surface area contributed by atoms with Crippen molar-refractivity contribution < 1.29 is 0 Å². The molecule has 0 aliphatic carbocycles. The second-order valence-corrected chi connectivity index (χ2v) is 5.81. The molecule has 1 aliphatic rings. The number of nitrogens with one attached hydrogen (secondary N) is 1. The van der Waals surface area contributed by atoms with Gasteiger partial charge in [-0.3, -0.25) is 0 Å². The van der Waals surface area contributed by atoms with Gasteiger partial charge in [0.05, 0.1) is 0 Å². The number of para-hydroxylation sites is 1. The van der Waals surface area contributed by atoms with Crippen molar-refractivity contribution in [3.63, 3.8) is 0 Å². The second kappa shape index (κ2) is 6.95. The molecule has 2 nitrogen and oxygen atoms in total. The summed E-state index contributed by atoms with van der Waals surface area (Å²) < 4.78 is 0. The van der Waals surface area contributed by atoms with Crippen molar-refractivity contribution in [3.8, 4) is 0 Å². The fraction of sp³-hybridized carbons (Fsp3) is 0.647. The molecular formula is C17H28N2. The quantitative estimate of drug-likeness (QED) is 0.872. The number of likely N-dealkylation sites (N-methyl/N-ethyl adjacent to an activating group) is 1. The molecule has 0 fully saturated rings. The van der Waals surface area contributed by atoms with E-state index in [1.54, 1.807) is 0 Å². The lowest BCUT2D eigenvalue weighted by Crippen LogP contribution is -2.43. The van der Waals surface area contributed by atoms with Crippen LogP contribution in [0.4, 0.5) is 5.69 Å². The minimum absolute atomic E-state index is 0.580. The van der Waals surface area contributed by atoms with Gasteiger partial charge in [-0.2, -0.15) is 0 Å². The fourth-order valence-corrected chi connectivity index (χ4v) is 3.04. The van der Waals surface area contributed by atoms with Crippen LogP contribution in [0.1, 0.15) is 38.7 Å². The molecule has 1 aromatic rings. The van der Waals surface area contributed by atoms with E-state index in [0.29, 0.717) is 6.04 Å². The molecule has 0 saturated carbocycles. The normalized spacial score (nSPS) is 18.6. The van der Waals surface area contributed by atoms with E-state index < -0.39 is 0 Å². The van der Waals surface area contributed by atoms with Gasteiger partial charge in [-0.1, -0.05) is 38.5 Å². The molecule has 0 spiro atoms. The molecule has 0 saturated heterocycles. The maximum atomic E-state index is 3.51. The summed E-state index contributed by atoms with van der Waals surface area (Å²) >= 11 is 0. The molecule has 2 rings (SSSR count). The third kappa shape index (κ3) is 3.50. The summed E-state index contributed by atoms with van der Waals surface area (Å²) in [6.45, 7) is 6.96. The van der Waals surface area contributed by atoms with Crippen molar-refractivity contribution in [3.05, 3.63) is 29.8 Å². The number of fused-ring (bicyclic) bond motifs is 1. The average Bonchev–Trinajstić information content (AvgIpc) is 2.66. The van der Waals surface area contributed by atoms with Crippen molar-refractivity contribution in [1.82, 2.24) is 5.32 Å². The number of aryl methyl sites for hydroxylation is 1. The van der Waals surface area contributed by atoms with Crippen molar-refractivity contribution in [2.24, 2.45) is 5.92 Å². The largest absolute Gasteiger partial charge is 0.370 e. The zero-order chi connectivity index (χ0) is 13.7. The first kappa shape index (κ1) is 14.4. The molecule has 1 heterocycles. The highest BCUT2D eigenvalue weighted by molar-refractivity contribution is 5.54. The van der Waals surface area contributed by atoms with Gasteiger partial charge in [0.1, 0.15) is 0 Å². The lowest BCUT2D eigenvalue weighted by atomic mass is 9.98. The van der Waals surface area contributed by atoms with E-state index in [2.05, 4.69) is 55.4 Å². The Kier molecular flexibility index (Phi) is 5.26. The third-order valence-corrected chi connectivity index (χ3v) is 4.58. The van der Waals surface area contributed by atoms with E-state index in [0.717, 1.165) is 12.5 Å². The van der Waals surface area contributed by atoms with Gasteiger partial charge in [0.2, 0.25) is 0 Å². The van der Waals surface area contributed by atoms with Crippen molar-refractivity contribution in [2.75, 3.05) is 25.0 Å². The molecule has 2 unspecified atom stereocenters. The average molecular weight is 260 g/mol. The molecule has 0 radical (unpaired) electrons. The second-order valence-electron chi connectivity index (χ2n) is 5.81. The summed E-state index contributed by atoms with van der Waals surface area (Å²) in [5.41, 5.74) is 2.99.